The topological polar surface area (TPSA) is 51.2 Å². The largest absolute Gasteiger partial charge is 0.497 e. The zero-order valence-electron chi connectivity index (χ0n) is 13.5. The summed E-state index contributed by atoms with van der Waals surface area (Å²) in [6.45, 7) is 4.09. The summed E-state index contributed by atoms with van der Waals surface area (Å²) in [5.41, 5.74) is 1.10. The van der Waals surface area contributed by atoms with Crippen molar-refractivity contribution in [2.45, 2.75) is 6.54 Å². The molecular weight excluding hydrogens is 284 g/mol. The zero-order valence-corrected chi connectivity index (χ0v) is 13.5. The van der Waals surface area contributed by atoms with E-state index < -0.39 is 0 Å². The van der Waals surface area contributed by atoms with Crippen molar-refractivity contribution in [3.63, 3.8) is 0 Å². The fraction of sp³-hybridized carbons (Fsp3) is 0.562. The summed E-state index contributed by atoms with van der Waals surface area (Å²) in [4.78, 5) is 16.0. The molecule has 6 nitrogen and oxygen atoms in total. The van der Waals surface area contributed by atoms with Crippen LogP contribution in [0.5, 0.6) is 11.5 Å². The predicted octanol–water partition coefficient (Wildman–Crippen LogP) is 0.994. The van der Waals surface area contributed by atoms with E-state index in [1.807, 2.05) is 23.1 Å². The maximum absolute atomic E-state index is 11.8. The minimum Gasteiger partial charge on any atom is -0.497 e. The van der Waals surface area contributed by atoms with E-state index in [9.17, 15) is 4.79 Å². The second kappa shape index (κ2) is 8.00. The van der Waals surface area contributed by atoms with Crippen LogP contribution in [0.1, 0.15) is 5.56 Å². The molecule has 1 aromatic rings. The molecule has 0 atom stereocenters. The smallest absolute Gasteiger partial charge is 0.248 e. The van der Waals surface area contributed by atoms with Crippen molar-refractivity contribution in [3.05, 3.63) is 23.8 Å². The van der Waals surface area contributed by atoms with Gasteiger partial charge in [-0.15, -0.1) is 0 Å². The Morgan fingerprint density at radius 2 is 1.82 bits per heavy atom. The van der Waals surface area contributed by atoms with Crippen LogP contribution in [0.25, 0.3) is 0 Å². The van der Waals surface area contributed by atoms with Gasteiger partial charge >= 0.3 is 0 Å². The van der Waals surface area contributed by atoms with Crippen molar-refractivity contribution >= 4 is 5.91 Å². The van der Waals surface area contributed by atoms with Crippen molar-refractivity contribution in [1.82, 2.24) is 9.80 Å². The second-order valence-electron chi connectivity index (χ2n) is 5.27. The molecule has 1 saturated heterocycles. The third kappa shape index (κ3) is 4.11. The first kappa shape index (κ1) is 16.6. The normalized spacial score (nSPS) is 15.7. The number of hydrogen-bond acceptors (Lipinski definition) is 5. The van der Waals surface area contributed by atoms with Gasteiger partial charge in [-0.1, -0.05) is 0 Å². The van der Waals surface area contributed by atoms with Gasteiger partial charge in [0.05, 0.1) is 14.2 Å². The number of nitrogens with zero attached hydrogens (tertiary/aromatic N) is 2. The highest BCUT2D eigenvalue weighted by molar-refractivity contribution is 5.77. The molecular formula is C16H24N2O4. The van der Waals surface area contributed by atoms with Crippen LogP contribution in [0, 0.1) is 0 Å². The number of piperazine rings is 1. The van der Waals surface area contributed by atoms with E-state index in [1.165, 1.54) is 0 Å². The van der Waals surface area contributed by atoms with Gasteiger partial charge in [0.2, 0.25) is 5.91 Å². The van der Waals surface area contributed by atoms with Crippen LogP contribution in [0.4, 0.5) is 0 Å². The minimum atomic E-state index is 0.0566. The van der Waals surface area contributed by atoms with E-state index in [0.29, 0.717) is 0 Å². The van der Waals surface area contributed by atoms with Crippen LogP contribution in [0.15, 0.2) is 18.2 Å². The highest BCUT2D eigenvalue weighted by atomic mass is 16.5. The summed E-state index contributed by atoms with van der Waals surface area (Å²) in [6, 6.07) is 5.82. The third-order valence-corrected chi connectivity index (χ3v) is 3.87. The first-order chi connectivity index (χ1) is 10.7. The van der Waals surface area contributed by atoms with Gasteiger partial charge in [0.15, 0.2) is 0 Å². The third-order valence-electron chi connectivity index (χ3n) is 3.87. The Bertz CT molecular complexity index is 499. The highest BCUT2D eigenvalue weighted by Gasteiger charge is 2.21. The Balaban J connectivity index is 1.94. The average Bonchev–Trinajstić information content (AvgIpc) is 2.55. The fourth-order valence-corrected chi connectivity index (χ4v) is 2.62. The number of methoxy groups -OCH3 is 3. The number of benzene rings is 1. The van der Waals surface area contributed by atoms with Gasteiger partial charge in [-0.25, -0.2) is 0 Å². The van der Waals surface area contributed by atoms with E-state index in [1.54, 1.807) is 21.3 Å². The zero-order chi connectivity index (χ0) is 15.9. The van der Waals surface area contributed by atoms with Crippen LogP contribution in [-0.2, 0) is 16.1 Å². The van der Waals surface area contributed by atoms with Crippen LogP contribution in [-0.4, -0.2) is 69.8 Å². The number of rotatable bonds is 6. The standard InChI is InChI=1S/C16H24N2O4/c1-20-12-16(19)18-8-6-17(7-9-18)11-13-10-14(21-2)4-5-15(13)22-3/h4-5,10H,6-9,11-12H2,1-3H3. The monoisotopic (exact) mass is 308 g/mol. The van der Waals surface area contributed by atoms with Gasteiger partial charge in [0.1, 0.15) is 18.1 Å². The summed E-state index contributed by atoms with van der Waals surface area (Å²) < 4.78 is 15.6. The molecule has 1 fully saturated rings. The molecule has 0 aromatic heterocycles. The van der Waals surface area contributed by atoms with E-state index in [-0.39, 0.29) is 12.5 Å². The van der Waals surface area contributed by atoms with E-state index in [2.05, 4.69) is 4.90 Å². The summed E-state index contributed by atoms with van der Waals surface area (Å²) in [5, 5.41) is 0. The van der Waals surface area contributed by atoms with Crippen molar-refractivity contribution < 1.29 is 19.0 Å². The lowest BCUT2D eigenvalue weighted by atomic mass is 10.1. The van der Waals surface area contributed by atoms with E-state index in [4.69, 9.17) is 14.2 Å². The number of ether oxygens (including phenoxy) is 3. The van der Waals surface area contributed by atoms with E-state index >= 15 is 0 Å². The van der Waals surface area contributed by atoms with Gasteiger partial charge in [-0.3, -0.25) is 9.69 Å². The molecule has 0 unspecified atom stereocenters. The molecule has 122 valence electrons. The average molecular weight is 308 g/mol. The molecule has 2 rings (SSSR count). The summed E-state index contributed by atoms with van der Waals surface area (Å²) in [7, 11) is 4.88. The van der Waals surface area contributed by atoms with E-state index in [0.717, 1.165) is 49.8 Å². The Kier molecular flexibility index (Phi) is 6.03. The Labute approximate surface area is 131 Å². The van der Waals surface area contributed by atoms with Crippen LogP contribution < -0.4 is 9.47 Å². The second-order valence-corrected chi connectivity index (χ2v) is 5.27. The van der Waals surface area contributed by atoms with Crippen LogP contribution in [0.2, 0.25) is 0 Å². The summed E-state index contributed by atoms with van der Waals surface area (Å²) >= 11 is 0. The lowest BCUT2D eigenvalue weighted by Crippen LogP contribution is -2.49. The molecule has 0 radical (unpaired) electrons. The molecule has 1 heterocycles. The van der Waals surface area contributed by atoms with Crippen LogP contribution >= 0.6 is 0 Å². The summed E-state index contributed by atoms with van der Waals surface area (Å²) in [5.74, 6) is 1.74. The van der Waals surface area contributed by atoms with Crippen molar-refractivity contribution in [3.8, 4) is 11.5 Å². The lowest BCUT2D eigenvalue weighted by Gasteiger charge is -2.34. The maximum atomic E-state index is 11.8. The molecule has 0 aliphatic carbocycles. The predicted molar refractivity (Wildman–Crippen MR) is 83.3 cm³/mol. The number of carbonyl (C=O) groups is 1. The molecule has 1 aliphatic rings. The fourth-order valence-electron chi connectivity index (χ4n) is 2.62. The Hall–Kier alpha value is -1.79. The first-order valence-corrected chi connectivity index (χ1v) is 7.38. The SMILES string of the molecule is COCC(=O)N1CCN(Cc2cc(OC)ccc2OC)CC1. The maximum Gasteiger partial charge on any atom is 0.248 e. The number of carbonyl (C=O) groups excluding carboxylic acids is 1. The van der Waals surface area contributed by atoms with Crippen molar-refractivity contribution in [2.24, 2.45) is 0 Å². The Morgan fingerprint density at radius 1 is 1.09 bits per heavy atom. The molecule has 1 aromatic carbocycles. The molecule has 22 heavy (non-hydrogen) atoms. The molecule has 1 amide bonds. The van der Waals surface area contributed by atoms with Gasteiger partial charge in [0.25, 0.3) is 0 Å². The van der Waals surface area contributed by atoms with Crippen LogP contribution in [0.3, 0.4) is 0 Å². The first-order valence-electron chi connectivity index (χ1n) is 7.38. The molecule has 0 bridgehead atoms. The lowest BCUT2D eigenvalue weighted by molar-refractivity contribution is -0.136. The molecule has 0 N–H and O–H groups in total. The number of amides is 1. The van der Waals surface area contributed by atoms with Crippen molar-refractivity contribution in [2.75, 3.05) is 54.1 Å². The molecule has 0 spiro atoms. The highest BCUT2D eigenvalue weighted by Crippen LogP contribution is 2.25. The molecule has 6 heteroatoms. The minimum absolute atomic E-state index is 0.0566. The van der Waals surface area contributed by atoms with Gasteiger partial charge < -0.3 is 19.1 Å². The molecule has 1 aliphatic heterocycles. The van der Waals surface area contributed by atoms with Crippen molar-refractivity contribution in [1.29, 1.82) is 0 Å². The summed E-state index contributed by atoms with van der Waals surface area (Å²) in [6.07, 6.45) is 0. The Morgan fingerprint density at radius 3 is 2.41 bits per heavy atom. The van der Waals surface area contributed by atoms with Gasteiger partial charge in [-0.2, -0.15) is 0 Å². The number of hydrogen-bond donors (Lipinski definition) is 0. The van der Waals surface area contributed by atoms with Gasteiger partial charge in [-0.05, 0) is 18.2 Å². The molecule has 0 saturated carbocycles. The van der Waals surface area contributed by atoms with Gasteiger partial charge in [0, 0.05) is 45.4 Å². The quantitative estimate of drug-likeness (QED) is 0.784.